The van der Waals surface area contributed by atoms with Crippen LogP contribution in [-0.4, -0.2) is 19.5 Å². The Morgan fingerprint density at radius 2 is 2.15 bits per heavy atom. The van der Waals surface area contributed by atoms with Crippen molar-refractivity contribution in [2.45, 2.75) is 19.4 Å². The third-order valence-electron chi connectivity index (χ3n) is 3.73. The molecule has 0 fully saturated rings. The minimum absolute atomic E-state index is 0.0466. The van der Waals surface area contributed by atoms with Gasteiger partial charge in [0.05, 0.1) is 6.04 Å². The zero-order valence-electron chi connectivity index (χ0n) is 11.7. The molecule has 3 nitrogen and oxygen atoms in total. The van der Waals surface area contributed by atoms with Crippen LogP contribution in [0.4, 0.5) is 0 Å². The number of fused-ring (bicyclic) bond motifs is 1. The predicted molar refractivity (Wildman–Crippen MR) is 82.4 cm³/mol. The van der Waals surface area contributed by atoms with Crippen molar-refractivity contribution in [1.82, 2.24) is 10.6 Å². The van der Waals surface area contributed by atoms with Crippen LogP contribution < -0.4 is 10.6 Å². The molecule has 1 amide bonds. The Labute approximate surface area is 123 Å². The number of hydrogen-bond donors (Lipinski definition) is 2. The lowest BCUT2D eigenvalue weighted by Gasteiger charge is -2.20. The molecule has 0 radical (unpaired) electrons. The standard InChI is InChI=1S/C16H18N2OS/c1-10-3-6-14(20-10)15(17-2)12-5-4-11-7-8-18-16(19)13(11)9-12/h3-6,9,15,17H,7-8H2,1-2H3,(H,18,19). The fourth-order valence-corrected chi connectivity index (χ4v) is 3.71. The molecule has 1 unspecified atom stereocenters. The average Bonchev–Trinajstić information content (AvgIpc) is 2.87. The molecule has 1 atom stereocenters. The molecular weight excluding hydrogens is 268 g/mol. The molecule has 4 heteroatoms. The van der Waals surface area contributed by atoms with Crippen LogP contribution in [0.15, 0.2) is 30.3 Å². The van der Waals surface area contributed by atoms with Gasteiger partial charge in [0, 0.05) is 21.9 Å². The van der Waals surface area contributed by atoms with Gasteiger partial charge in [-0.05, 0) is 49.7 Å². The Balaban J connectivity index is 2.00. The molecule has 0 saturated carbocycles. The van der Waals surface area contributed by atoms with E-state index in [1.54, 1.807) is 11.3 Å². The van der Waals surface area contributed by atoms with E-state index in [1.165, 1.54) is 9.75 Å². The van der Waals surface area contributed by atoms with Gasteiger partial charge in [-0.3, -0.25) is 4.79 Å². The van der Waals surface area contributed by atoms with Crippen LogP contribution in [0.1, 0.15) is 37.3 Å². The van der Waals surface area contributed by atoms with Crippen LogP contribution in [0.5, 0.6) is 0 Å². The monoisotopic (exact) mass is 286 g/mol. The second-order valence-electron chi connectivity index (χ2n) is 5.09. The van der Waals surface area contributed by atoms with E-state index in [4.69, 9.17) is 0 Å². The van der Waals surface area contributed by atoms with Crippen molar-refractivity contribution < 1.29 is 4.79 Å². The summed E-state index contributed by atoms with van der Waals surface area (Å²) in [6, 6.07) is 10.7. The van der Waals surface area contributed by atoms with E-state index in [0.29, 0.717) is 0 Å². The van der Waals surface area contributed by atoms with Gasteiger partial charge in [-0.1, -0.05) is 12.1 Å². The molecule has 1 aromatic heterocycles. The Morgan fingerprint density at radius 1 is 1.30 bits per heavy atom. The van der Waals surface area contributed by atoms with E-state index in [-0.39, 0.29) is 11.9 Å². The summed E-state index contributed by atoms with van der Waals surface area (Å²) in [4.78, 5) is 14.5. The Hall–Kier alpha value is -1.65. The molecule has 3 rings (SSSR count). The van der Waals surface area contributed by atoms with Gasteiger partial charge in [-0.15, -0.1) is 11.3 Å². The molecule has 1 aromatic carbocycles. The zero-order valence-corrected chi connectivity index (χ0v) is 12.5. The molecule has 20 heavy (non-hydrogen) atoms. The van der Waals surface area contributed by atoms with Gasteiger partial charge in [-0.25, -0.2) is 0 Å². The summed E-state index contributed by atoms with van der Waals surface area (Å²) in [6.45, 7) is 2.85. The Bertz CT molecular complexity index is 648. The molecular formula is C16H18N2OS. The van der Waals surface area contributed by atoms with Gasteiger partial charge < -0.3 is 10.6 Å². The molecule has 1 aliphatic rings. The predicted octanol–water partition coefficient (Wildman–Crippen LogP) is 2.65. The first-order valence-corrected chi connectivity index (χ1v) is 7.65. The van der Waals surface area contributed by atoms with Crippen molar-refractivity contribution in [3.8, 4) is 0 Å². The number of carbonyl (C=O) groups is 1. The number of benzene rings is 1. The summed E-state index contributed by atoms with van der Waals surface area (Å²) in [7, 11) is 1.96. The van der Waals surface area contributed by atoms with E-state index in [0.717, 1.165) is 29.7 Å². The summed E-state index contributed by atoms with van der Waals surface area (Å²) in [5.41, 5.74) is 3.11. The molecule has 0 spiro atoms. The van der Waals surface area contributed by atoms with Crippen LogP contribution in [0.2, 0.25) is 0 Å². The highest BCUT2D eigenvalue weighted by Crippen LogP contribution is 2.29. The molecule has 1 aliphatic heterocycles. The van der Waals surface area contributed by atoms with Crippen LogP contribution >= 0.6 is 11.3 Å². The molecule has 2 aromatic rings. The molecule has 0 aliphatic carbocycles. The molecule has 104 valence electrons. The lowest BCUT2D eigenvalue weighted by molar-refractivity contribution is 0.0946. The van der Waals surface area contributed by atoms with Crippen molar-refractivity contribution in [2.75, 3.05) is 13.6 Å². The second kappa shape index (κ2) is 5.38. The van der Waals surface area contributed by atoms with Crippen molar-refractivity contribution in [2.24, 2.45) is 0 Å². The van der Waals surface area contributed by atoms with Crippen molar-refractivity contribution in [3.05, 3.63) is 56.8 Å². The summed E-state index contributed by atoms with van der Waals surface area (Å²) in [5.74, 6) is 0.0466. The van der Waals surface area contributed by atoms with Crippen LogP contribution in [0, 0.1) is 6.92 Å². The van der Waals surface area contributed by atoms with Crippen LogP contribution in [0.25, 0.3) is 0 Å². The van der Waals surface area contributed by atoms with Crippen molar-refractivity contribution >= 4 is 17.2 Å². The molecule has 2 N–H and O–H groups in total. The number of hydrogen-bond acceptors (Lipinski definition) is 3. The van der Waals surface area contributed by atoms with Gasteiger partial charge in [0.25, 0.3) is 5.91 Å². The highest BCUT2D eigenvalue weighted by Gasteiger charge is 2.20. The summed E-state index contributed by atoms with van der Waals surface area (Å²) in [5, 5.41) is 6.26. The SMILES string of the molecule is CNC(c1ccc2c(c1)C(=O)NCC2)c1ccc(C)s1. The van der Waals surface area contributed by atoms with Crippen LogP contribution in [-0.2, 0) is 6.42 Å². The van der Waals surface area contributed by atoms with Gasteiger partial charge in [0.2, 0.25) is 0 Å². The van der Waals surface area contributed by atoms with Gasteiger partial charge in [0.15, 0.2) is 0 Å². The normalized spacial score (nSPS) is 15.6. The van der Waals surface area contributed by atoms with Crippen molar-refractivity contribution in [1.29, 1.82) is 0 Å². The summed E-state index contributed by atoms with van der Waals surface area (Å²) >= 11 is 1.79. The van der Waals surface area contributed by atoms with E-state index in [9.17, 15) is 4.79 Å². The fraction of sp³-hybridized carbons (Fsp3) is 0.312. The zero-order chi connectivity index (χ0) is 14.1. The Morgan fingerprint density at radius 3 is 2.85 bits per heavy atom. The van der Waals surface area contributed by atoms with Crippen molar-refractivity contribution in [3.63, 3.8) is 0 Å². The van der Waals surface area contributed by atoms with Gasteiger partial charge in [0.1, 0.15) is 0 Å². The summed E-state index contributed by atoms with van der Waals surface area (Å²) in [6.07, 6.45) is 0.920. The first-order chi connectivity index (χ1) is 9.69. The largest absolute Gasteiger partial charge is 0.352 e. The lowest BCUT2D eigenvalue weighted by atomic mass is 9.95. The second-order valence-corrected chi connectivity index (χ2v) is 6.41. The number of nitrogens with one attached hydrogen (secondary N) is 2. The number of carbonyl (C=O) groups excluding carboxylic acids is 1. The van der Waals surface area contributed by atoms with E-state index >= 15 is 0 Å². The number of rotatable bonds is 3. The maximum atomic E-state index is 12.0. The fourth-order valence-electron chi connectivity index (χ4n) is 2.69. The first kappa shape index (κ1) is 13.3. The van der Waals surface area contributed by atoms with E-state index in [1.807, 2.05) is 13.1 Å². The third-order valence-corrected chi connectivity index (χ3v) is 4.79. The quantitative estimate of drug-likeness (QED) is 0.911. The minimum atomic E-state index is 0.0466. The number of amides is 1. The van der Waals surface area contributed by atoms with Gasteiger partial charge in [-0.2, -0.15) is 0 Å². The highest BCUT2D eigenvalue weighted by atomic mass is 32.1. The average molecular weight is 286 g/mol. The molecule has 2 heterocycles. The lowest BCUT2D eigenvalue weighted by Crippen LogP contribution is -2.32. The maximum absolute atomic E-state index is 12.0. The smallest absolute Gasteiger partial charge is 0.251 e. The summed E-state index contributed by atoms with van der Waals surface area (Å²) < 4.78 is 0. The highest BCUT2D eigenvalue weighted by molar-refractivity contribution is 7.12. The third kappa shape index (κ3) is 2.37. The van der Waals surface area contributed by atoms with Gasteiger partial charge >= 0.3 is 0 Å². The first-order valence-electron chi connectivity index (χ1n) is 6.83. The molecule has 0 bridgehead atoms. The number of aryl methyl sites for hydroxylation is 1. The molecule has 0 saturated heterocycles. The van der Waals surface area contributed by atoms with E-state index < -0.39 is 0 Å². The number of thiophene rings is 1. The topological polar surface area (TPSA) is 41.1 Å². The van der Waals surface area contributed by atoms with Crippen LogP contribution in [0.3, 0.4) is 0 Å². The van der Waals surface area contributed by atoms with E-state index in [2.05, 4.69) is 41.8 Å². The minimum Gasteiger partial charge on any atom is -0.352 e. The Kier molecular flexibility index (Phi) is 3.59. The maximum Gasteiger partial charge on any atom is 0.251 e.